The van der Waals surface area contributed by atoms with Crippen molar-refractivity contribution in [2.75, 3.05) is 13.2 Å². The minimum absolute atomic E-state index is 0.213. The molecule has 0 atom stereocenters. The topological polar surface area (TPSA) is 52.6 Å². The Morgan fingerprint density at radius 2 is 1.12 bits per heavy atom. The summed E-state index contributed by atoms with van der Waals surface area (Å²) < 4.78 is 10.3. The first-order chi connectivity index (χ1) is 11.7. The zero-order valence-electron chi connectivity index (χ0n) is 14.0. The molecule has 4 nitrogen and oxygen atoms in total. The summed E-state index contributed by atoms with van der Waals surface area (Å²) in [7, 11) is 0. The van der Waals surface area contributed by atoms with Crippen LogP contribution in [0.1, 0.15) is 30.9 Å². The monoisotopic (exact) mass is 326 g/mol. The van der Waals surface area contributed by atoms with Crippen molar-refractivity contribution in [3.05, 3.63) is 71.8 Å². The van der Waals surface area contributed by atoms with Crippen LogP contribution in [0.5, 0.6) is 0 Å². The molecule has 0 amide bonds. The van der Waals surface area contributed by atoms with E-state index in [2.05, 4.69) is 0 Å². The van der Waals surface area contributed by atoms with E-state index < -0.39 is 23.8 Å². The van der Waals surface area contributed by atoms with Crippen LogP contribution < -0.4 is 0 Å². The van der Waals surface area contributed by atoms with Crippen molar-refractivity contribution in [2.45, 2.75) is 19.8 Å². The Kier molecular flexibility index (Phi) is 6.55. The van der Waals surface area contributed by atoms with Gasteiger partial charge in [0.2, 0.25) is 0 Å². The Bertz CT molecular complexity index is 594. The summed E-state index contributed by atoms with van der Waals surface area (Å²) in [6, 6.07) is 19.0. The number of carbonyl (C=O) groups excluding carboxylic acids is 2. The van der Waals surface area contributed by atoms with E-state index in [0.29, 0.717) is 0 Å². The second-order valence-electron chi connectivity index (χ2n) is 5.28. The standard InChI is InChI=1S/C20H22O4/c1-3-23-19(21)18(20(22)24-4-2)17(15-11-7-5-8-12-15)16-13-9-6-10-14-16/h5-14,17-18H,3-4H2,1-2H3. The summed E-state index contributed by atoms with van der Waals surface area (Å²) in [5.74, 6) is -2.61. The van der Waals surface area contributed by atoms with Crippen LogP contribution in [0.3, 0.4) is 0 Å². The first-order valence-corrected chi connectivity index (χ1v) is 8.12. The van der Waals surface area contributed by atoms with E-state index in [9.17, 15) is 9.59 Å². The van der Waals surface area contributed by atoms with Crippen molar-refractivity contribution < 1.29 is 19.1 Å². The molecule has 0 aliphatic heterocycles. The third kappa shape index (κ3) is 4.22. The first kappa shape index (κ1) is 17.7. The van der Waals surface area contributed by atoms with Crippen molar-refractivity contribution >= 4 is 11.9 Å². The minimum Gasteiger partial charge on any atom is -0.465 e. The molecule has 0 aliphatic rings. The largest absolute Gasteiger partial charge is 0.465 e. The van der Waals surface area contributed by atoms with Crippen LogP contribution in [0.15, 0.2) is 60.7 Å². The van der Waals surface area contributed by atoms with Crippen molar-refractivity contribution in [2.24, 2.45) is 5.92 Å². The smallest absolute Gasteiger partial charge is 0.321 e. The second-order valence-corrected chi connectivity index (χ2v) is 5.28. The summed E-state index contributed by atoms with van der Waals surface area (Å²) in [6.45, 7) is 3.87. The highest BCUT2D eigenvalue weighted by atomic mass is 16.6. The van der Waals surface area contributed by atoms with Gasteiger partial charge < -0.3 is 9.47 Å². The second kappa shape index (κ2) is 8.87. The summed E-state index contributed by atoms with van der Waals surface area (Å²) in [5, 5.41) is 0. The highest BCUT2D eigenvalue weighted by Crippen LogP contribution is 2.33. The van der Waals surface area contributed by atoms with Gasteiger partial charge in [-0.3, -0.25) is 9.59 Å². The Hall–Kier alpha value is -2.62. The molecule has 0 unspecified atom stereocenters. The highest BCUT2D eigenvalue weighted by Gasteiger charge is 2.39. The molecule has 0 saturated carbocycles. The molecule has 0 aliphatic carbocycles. The molecule has 2 rings (SSSR count). The molecule has 0 fully saturated rings. The lowest BCUT2D eigenvalue weighted by Crippen LogP contribution is -2.34. The van der Waals surface area contributed by atoms with E-state index in [0.717, 1.165) is 11.1 Å². The molecule has 4 heteroatoms. The number of hydrogen-bond donors (Lipinski definition) is 0. The van der Waals surface area contributed by atoms with Crippen LogP contribution in [0.4, 0.5) is 0 Å². The fourth-order valence-electron chi connectivity index (χ4n) is 2.73. The predicted molar refractivity (Wildman–Crippen MR) is 91.5 cm³/mol. The van der Waals surface area contributed by atoms with E-state index in [1.165, 1.54) is 0 Å². The van der Waals surface area contributed by atoms with Crippen LogP contribution in [0.2, 0.25) is 0 Å². The van der Waals surface area contributed by atoms with Crippen molar-refractivity contribution in [3.63, 3.8) is 0 Å². The average Bonchev–Trinajstić information content (AvgIpc) is 2.61. The maximum Gasteiger partial charge on any atom is 0.321 e. The molecule has 0 N–H and O–H groups in total. The first-order valence-electron chi connectivity index (χ1n) is 8.12. The number of esters is 2. The fraction of sp³-hybridized carbons (Fsp3) is 0.300. The molecule has 2 aromatic rings. The Morgan fingerprint density at radius 1 is 0.750 bits per heavy atom. The van der Waals surface area contributed by atoms with E-state index in [4.69, 9.17) is 9.47 Å². The van der Waals surface area contributed by atoms with Crippen molar-refractivity contribution in [3.8, 4) is 0 Å². The zero-order valence-corrected chi connectivity index (χ0v) is 14.0. The van der Waals surface area contributed by atoms with E-state index in [1.807, 2.05) is 60.7 Å². The lowest BCUT2D eigenvalue weighted by Gasteiger charge is -2.25. The minimum atomic E-state index is -1.03. The Labute approximate surface area is 142 Å². The van der Waals surface area contributed by atoms with Gasteiger partial charge in [-0.15, -0.1) is 0 Å². The fourth-order valence-corrected chi connectivity index (χ4v) is 2.73. The molecular formula is C20H22O4. The lowest BCUT2D eigenvalue weighted by atomic mass is 9.80. The third-order valence-electron chi connectivity index (χ3n) is 3.73. The van der Waals surface area contributed by atoms with Gasteiger partial charge in [-0.25, -0.2) is 0 Å². The molecule has 0 bridgehead atoms. The zero-order chi connectivity index (χ0) is 17.4. The van der Waals surface area contributed by atoms with Crippen molar-refractivity contribution in [1.29, 1.82) is 0 Å². The van der Waals surface area contributed by atoms with Gasteiger partial charge in [0.1, 0.15) is 0 Å². The summed E-state index contributed by atoms with van der Waals surface area (Å²) in [6.07, 6.45) is 0. The van der Waals surface area contributed by atoms with Crippen LogP contribution >= 0.6 is 0 Å². The Balaban J connectivity index is 2.52. The molecule has 0 spiro atoms. The SMILES string of the molecule is CCOC(=O)C(C(=O)OCC)C(c1ccccc1)c1ccccc1. The maximum absolute atomic E-state index is 12.5. The molecule has 0 heterocycles. The molecule has 0 saturated heterocycles. The molecule has 0 aromatic heterocycles. The normalized spacial score (nSPS) is 10.7. The van der Waals surface area contributed by atoms with Gasteiger partial charge in [-0.2, -0.15) is 0 Å². The lowest BCUT2D eigenvalue weighted by molar-refractivity contribution is -0.162. The van der Waals surface area contributed by atoms with Crippen LogP contribution in [0.25, 0.3) is 0 Å². The number of ether oxygens (including phenoxy) is 2. The maximum atomic E-state index is 12.5. The van der Waals surface area contributed by atoms with Crippen LogP contribution in [-0.2, 0) is 19.1 Å². The van der Waals surface area contributed by atoms with E-state index in [-0.39, 0.29) is 13.2 Å². The summed E-state index contributed by atoms with van der Waals surface area (Å²) in [5.41, 5.74) is 1.74. The molecule has 126 valence electrons. The van der Waals surface area contributed by atoms with E-state index in [1.54, 1.807) is 13.8 Å². The number of hydrogen-bond acceptors (Lipinski definition) is 4. The van der Waals surface area contributed by atoms with Gasteiger partial charge in [0.05, 0.1) is 13.2 Å². The van der Waals surface area contributed by atoms with Gasteiger partial charge in [0.15, 0.2) is 5.92 Å². The number of carbonyl (C=O) groups is 2. The van der Waals surface area contributed by atoms with Crippen LogP contribution in [-0.4, -0.2) is 25.2 Å². The van der Waals surface area contributed by atoms with Gasteiger partial charge in [0, 0.05) is 5.92 Å². The molecular weight excluding hydrogens is 304 g/mol. The van der Waals surface area contributed by atoms with Crippen LogP contribution in [0, 0.1) is 5.92 Å². The van der Waals surface area contributed by atoms with Gasteiger partial charge in [0.25, 0.3) is 0 Å². The molecule has 24 heavy (non-hydrogen) atoms. The van der Waals surface area contributed by atoms with Gasteiger partial charge in [-0.1, -0.05) is 60.7 Å². The van der Waals surface area contributed by atoms with Gasteiger partial charge in [-0.05, 0) is 25.0 Å². The quantitative estimate of drug-likeness (QED) is 0.577. The number of benzene rings is 2. The predicted octanol–water partition coefficient (Wildman–Crippen LogP) is 3.56. The number of rotatable bonds is 7. The molecule has 0 radical (unpaired) electrons. The summed E-state index contributed by atoms with van der Waals surface area (Å²) in [4.78, 5) is 25.0. The Morgan fingerprint density at radius 3 is 1.46 bits per heavy atom. The molecule has 2 aromatic carbocycles. The van der Waals surface area contributed by atoms with Gasteiger partial charge >= 0.3 is 11.9 Å². The highest BCUT2D eigenvalue weighted by molar-refractivity contribution is 5.96. The van der Waals surface area contributed by atoms with E-state index >= 15 is 0 Å². The average molecular weight is 326 g/mol. The summed E-state index contributed by atoms with van der Waals surface area (Å²) >= 11 is 0. The van der Waals surface area contributed by atoms with Crippen molar-refractivity contribution in [1.82, 2.24) is 0 Å². The third-order valence-corrected chi connectivity index (χ3v) is 3.73.